The van der Waals surface area contributed by atoms with Crippen molar-refractivity contribution in [3.8, 4) is 11.1 Å². The molecule has 3 aromatic heterocycles. The summed E-state index contributed by atoms with van der Waals surface area (Å²) in [6, 6.07) is 13.7. The topological polar surface area (TPSA) is 63.1 Å². The normalized spacial score (nSPS) is 14.4. The van der Waals surface area contributed by atoms with E-state index in [1.54, 1.807) is 10.6 Å². The number of nitrogens with one attached hydrogen (secondary N) is 1. The molecule has 1 fully saturated rings. The van der Waals surface area contributed by atoms with E-state index in [1.807, 2.05) is 48.9 Å². The van der Waals surface area contributed by atoms with E-state index in [9.17, 15) is 4.79 Å². The molecule has 0 unspecified atom stereocenters. The molecule has 0 amide bonds. The highest BCUT2D eigenvalue weighted by Crippen LogP contribution is 2.30. The Labute approximate surface area is 179 Å². The SMILES string of the molecule is O=c1cc(-c2c[nH]c3ncc(N4CCOCC4)cc23)ccn1Cc1cccc(S)c1. The van der Waals surface area contributed by atoms with Crippen molar-refractivity contribution < 1.29 is 4.74 Å². The summed E-state index contributed by atoms with van der Waals surface area (Å²) in [4.78, 5) is 23.7. The molecule has 1 aromatic carbocycles. The number of rotatable bonds is 4. The van der Waals surface area contributed by atoms with Crippen molar-refractivity contribution >= 4 is 29.3 Å². The van der Waals surface area contributed by atoms with Gasteiger partial charge in [0.25, 0.3) is 5.56 Å². The molecule has 0 aliphatic carbocycles. The third-order valence-corrected chi connectivity index (χ3v) is 5.74. The Morgan fingerprint density at radius 3 is 2.80 bits per heavy atom. The van der Waals surface area contributed by atoms with Crippen LogP contribution in [0, 0.1) is 0 Å². The molecular weight excluding hydrogens is 396 g/mol. The zero-order chi connectivity index (χ0) is 20.5. The molecule has 4 aromatic rings. The van der Waals surface area contributed by atoms with Crippen molar-refractivity contribution in [2.24, 2.45) is 0 Å². The highest BCUT2D eigenvalue weighted by atomic mass is 32.1. The summed E-state index contributed by atoms with van der Waals surface area (Å²) >= 11 is 4.38. The Balaban J connectivity index is 1.47. The van der Waals surface area contributed by atoms with E-state index in [4.69, 9.17) is 4.74 Å². The highest BCUT2D eigenvalue weighted by Gasteiger charge is 2.15. The number of ether oxygens (including phenoxy) is 1. The Morgan fingerprint density at radius 1 is 1.13 bits per heavy atom. The number of hydrogen-bond donors (Lipinski definition) is 2. The van der Waals surface area contributed by atoms with Gasteiger partial charge >= 0.3 is 0 Å². The molecule has 5 rings (SSSR count). The Bertz CT molecular complexity index is 1260. The minimum absolute atomic E-state index is 0.0382. The first kappa shape index (κ1) is 19.0. The summed E-state index contributed by atoms with van der Waals surface area (Å²) in [5.74, 6) is 0. The number of benzene rings is 1. The molecular formula is C23H22N4O2S. The second-order valence-corrected chi connectivity index (χ2v) is 7.96. The Morgan fingerprint density at radius 2 is 2.00 bits per heavy atom. The first-order valence-electron chi connectivity index (χ1n) is 9.96. The number of nitrogens with zero attached hydrogens (tertiary/aromatic N) is 3. The van der Waals surface area contributed by atoms with Crippen LogP contribution in [0.4, 0.5) is 5.69 Å². The molecule has 7 heteroatoms. The number of pyridine rings is 2. The van der Waals surface area contributed by atoms with E-state index in [2.05, 4.69) is 33.6 Å². The van der Waals surface area contributed by atoms with Crippen molar-refractivity contribution in [3.63, 3.8) is 0 Å². The van der Waals surface area contributed by atoms with Crippen LogP contribution < -0.4 is 10.5 Å². The van der Waals surface area contributed by atoms with Crippen LogP contribution in [-0.4, -0.2) is 40.8 Å². The monoisotopic (exact) mass is 418 g/mol. The lowest BCUT2D eigenvalue weighted by Crippen LogP contribution is -2.36. The Hall–Kier alpha value is -3.03. The van der Waals surface area contributed by atoms with Crippen LogP contribution in [0.2, 0.25) is 0 Å². The van der Waals surface area contributed by atoms with Crippen LogP contribution in [0.3, 0.4) is 0 Å². The number of morpholine rings is 1. The van der Waals surface area contributed by atoms with Gasteiger partial charge in [-0.1, -0.05) is 12.1 Å². The van der Waals surface area contributed by atoms with Gasteiger partial charge in [0.1, 0.15) is 5.65 Å². The van der Waals surface area contributed by atoms with Crippen LogP contribution in [-0.2, 0) is 11.3 Å². The fourth-order valence-electron chi connectivity index (χ4n) is 3.88. The van der Waals surface area contributed by atoms with Gasteiger partial charge in [-0.25, -0.2) is 4.98 Å². The molecule has 30 heavy (non-hydrogen) atoms. The van der Waals surface area contributed by atoms with E-state index in [0.29, 0.717) is 6.54 Å². The minimum atomic E-state index is -0.0382. The zero-order valence-corrected chi connectivity index (χ0v) is 17.3. The first-order valence-corrected chi connectivity index (χ1v) is 10.4. The molecule has 152 valence electrons. The van der Waals surface area contributed by atoms with Gasteiger partial charge in [-0.2, -0.15) is 0 Å². The van der Waals surface area contributed by atoms with Gasteiger partial charge in [-0.05, 0) is 35.4 Å². The van der Waals surface area contributed by atoms with Gasteiger partial charge in [0, 0.05) is 47.4 Å². The van der Waals surface area contributed by atoms with Crippen LogP contribution >= 0.6 is 12.6 Å². The van der Waals surface area contributed by atoms with Gasteiger partial charge in [-0.3, -0.25) is 4.79 Å². The van der Waals surface area contributed by atoms with Gasteiger partial charge in [0.15, 0.2) is 0 Å². The summed E-state index contributed by atoms with van der Waals surface area (Å²) in [5.41, 5.74) is 4.76. The number of hydrogen-bond acceptors (Lipinski definition) is 5. The average Bonchev–Trinajstić information content (AvgIpc) is 3.19. The molecule has 0 saturated carbocycles. The highest BCUT2D eigenvalue weighted by molar-refractivity contribution is 7.80. The second kappa shape index (κ2) is 8.01. The number of aromatic amines is 1. The predicted molar refractivity (Wildman–Crippen MR) is 122 cm³/mol. The summed E-state index contributed by atoms with van der Waals surface area (Å²) in [5, 5.41) is 1.01. The van der Waals surface area contributed by atoms with Crippen molar-refractivity contribution in [3.05, 3.63) is 77.0 Å². The summed E-state index contributed by atoms with van der Waals surface area (Å²) in [6.45, 7) is 3.69. The lowest BCUT2D eigenvalue weighted by molar-refractivity contribution is 0.122. The van der Waals surface area contributed by atoms with Gasteiger partial charge < -0.3 is 19.2 Å². The van der Waals surface area contributed by atoms with Crippen LogP contribution in [0.15, 0.2) is 70.7 Å². The molecule has 6 nitrogen and oxygen atoms in total. The van der Waals surface area contributed by atoms with Crippen LogP contribution in [0.5, 0.6) is 0 Å². The maximum atomic E-state index is 12.8. The van der Waals surface area contributed by atoms with Gasteiger partial charge in [0.05, 0.1) is 31.6 Å². The second-order valence-electron chi connectivity index (χ2n) is 7.44. The van der Waals surface area contributed by atoms with Crippen LogP contribution in [0.1, 0.15) is 5.56 Å². The van der Waals surface area contributed by atoms with Gasteiger partial charge in [0.2, 0.25) is 0 Å². The predicted octanol–water partition coefficient (Wildman–Crippen LogP) is 3.57. The number of H-pyrrole nitrogens is 1. The van der Waals surface area contributed by atoms with E-state index in [1.165, 1.54) is 0 Å². The number of aromatic nitrogens is 3. The molecule has 0 spiro atoms. The summed E-state index contributed by atoms with van der Waals surface area (Å²) in [7, 11) is 0. The lowest BCUT2D eigenvalue weighted by atomic mass is 10.1. The van der Waals surface area contributed by atoms with Crippen LogP contribution in [0.25, 0.3) is 22.2 Å². The van der Waals surface area contributed by atoms with Crippen molar-refractivity contribution in [2.45, 2.75) is 11.4 Å². The van der Waals surface area contributed by atoms with E-state index in [-0.39, 0.29) is 5.56 Å². The van der Waals surface area contributed by atoms with Gasteiger partial charge in [-0.15, -0.1) is 12.6 Å². The zero-order valence-electron chi connectivity index (χ0n) is 16.4. The molecule has 0 bridgehead atoms. The molecule has 0 radical (unpaired) electrons. The fourth-order valence-corrected chi connectivity index (χ4v) is 4.14. The standard InChI is InChI=1S/C23H22N4O2S/c28-22-11-17(4-5-27(22)15-16-2-1-3-19(30)10-16)21-14-25-23-20(21)12-18(13-24-23)26-6-8-29-9-7-26/h1-5,10-14,30H,6-9,15H2,(H,24,25). The maximum absolute atomic E-state index is 12.8. The quantitative estimate of drug-likeness (QED) is 0.498. The number of thiol groups is 1. The minimum Gasteiger partial charge on any atom is -0.378 e. The van der Waals surface area contributed by atoms with Crippen molar-refractivity contribution in [2.75, 3.05) is 31.2 Å². The molecule has 1 saturated heterocycles. The largest absolute Gasteiger partial charge is 0.378 e. The van der Waals surface area contributed by atoms with E-state index in [0.717, 1.165) is 64.6 Å². The molecule has 1 aliphatic heterocycles. The third-order valence-electron chi connectivity index (χ3n) is 5.46. The summed E-state index contributed by atoms with van der Waals surface area (Å²) < 4.78 is 7.16. The van der Waals surface area contributed by atoms with E-state index < -0.39 is 0 Å². The molecule has 1 aliphatic rings. The number of fused-ring (bicyclic) bond motifs is 1. The fraction of sp³-hybridized carbons (Fsp3) is 0.217. The van der Waals surface area contributed by atoms with Crippen molar-refractivity contribution in [1.29, 1.82) is 0 Å². The lowest BCUT2D eigenvalue weighted by Gasteiger charge is -2.28. The average molecular weight is 419 g/mol. The van der Waals surface area contributed by atoms with E-state index >= 15 is 0 Å². The smallest absolute Gasteiger partial charge is 0.251 e. The Kier molecular flexibility index (Phi) is 5.06. The first-order chi connectivity index (χ1) is 14.7. The third kappa shape index (κ3) is 3.74. The molecule has 1 N–H and O–H groups in total. The number of anilines is 1. The van der Waals surface area contributed by atoms with Crippen molar-refractivity contribution in [1.82, 2.24) is 14.5 Å². The molecule has 4 heterocycles. The molecule has 0 atom stereocenters. The maximum Gasteiger partial charge on any atom is 0.251 e. The summed E-state index contributed by atoms with van der Waals surface area (Å²) in [6.07, 6.45) is 5.66.